The van der Waals surface area contributed by atoms with Gasteiger partial charge in [-0.15, -0.1) is 0 Å². The highest BCUT2D eigenvalue weighted by Gasteiger charge is 2.37. The Morgan fingerprint density at radius 1 is 1.19 bits per heavy atom. The quantitative estimate of drug-likeness (QED) is 0.718. The van der Waals surface area contributed by atoms with Gasteiger partial charge in [0.2, 0.25) is 0 Å². The number of carbonyl (C=O) groups excluding carboxylic acids is 2. The second kappa shape index (κ2) is 4.85. The first-order valence-corrected chi connectivity index (χ1v) is 6.32. The molecule has 0 aromatic rings. The van der Waals surface area contributed by atoms with Crippen molar-refractivity contribution in [2.24, 2.45) is 11.8 Å². The number of urea groups is 1. The number of carbonyl (C=O) groups is 2. The molecule has 4 heteroatoms. The molecule has 3 amide bonds. The van der Waals surface area contributed by atoms with Crippen molar-refractivity contribution in [3.8, 4) is 0 Å². The van der Waals surface area contributed by atoms with E-state index in [1.54, 1.807) is 0 Å². The van der Waals surface area contributed by atoms with Crippen molar-refractivity contribution in [3.05, 3.63) is 0 Å². The SMILES string of the molecule is CCCC1CCC(C2NC(=O)NC2=O)CC1. The van der Waals surface area contributed by atoms with E-state index in [0.717, 1.165) is 18.8 Å². The molecule has 2 fully saturated rings. The summed E-state index contributed by atoms with van der Waals surface area (Å²) in [4.78, 5) is 22.5. The van der Waals surface area contributed by atoms with Crippen LogP contribution in [0, 0.1) is 11.8 Å². The maximum atomic E-state index is 11.5. The predicted molar refractivity (Wildman–Crippen MR) is 60.8 cm³/mol. The number of hydrogen-bond acceptors (Lipinski definition) is 2. The Hall–Kier alpha value is -1.06. The zero-order chi connectivity index (χ0) is 11.5. The molecule has 1 atom stereocenters. The van der Waals surface area contributed by atoms with Crippen LogP contribution in [0.5, 0.6) is 0 Å². The topological polar surface area (TPSA) is 58.2 Å². The normalized spacial score (nSPS) is 34.7. The van der Waals surface area contributed by atoms with E-state index in [-0.39, 0.29) is 18.0 Å². The molecule has 0 aromatic heterocycles. The summed E-state index contributed by atoms with van der Waals surface area (Å²) < 4.78 is 0. The largest absolute Gasteiger partial charge is 0.326 e. The van der Waals surface area contributed by atoms with E-state index in [9.17, 15) is 9.59 Å². The van der Waals surface area contributed by atoms with Crippen LogP contribution in [0.4, 0.5) is 4.79 Å². The third-order valence-corrected chi connectivity index (χ3v) is 3.87. The zero-order valence-corrected chi connectivity index (χ0v) is 9.79. The van der Waals surface area contributed by atoms with Crippen molar-refractivity contribution in [2.45, 2.75) is 51.5 Å². The second-order valence-corrected chi connectivity index (χ2v) is 5.01. The summed E-state index contributed by atoms with van der Waals surface area (Å²) >= 11 is 0. The Balaban J connectivity index is 1.85. The van der Waals surface area contributed by atoms with Crippen LogP contribution in [0.3, 0.4) is 0 Å². The Morgan fingerprint density at radius 3 is 2.38 bits per heavy atom. The van der Waals surface area contributed by atoms with Gasteiger partial charge in [0.05, 0.1) is 0 Å². The van der Waals surface area contributed by atoms with E-state index in [2.05, 4.69) is 17.6 Å². The van der Waals surface area contributed by atoms with Gasteiger partial charge in [0, 0.05) is 0 Å². The number of amides is 3. The standard InChI is InChI=1S/C12H20N2O2/c1-2-3-8-4-6-9(7-5-8)10-11(15)14-12(16)13-10/h8-10H,2-7H2,1H3,(H2,13,14,15,16). The smallest absolute Gasteiger partial charge is 0.322 e. The fraction of sp³-hybridized carbons (Fsp3) is 0.833. The van der Waals surface area contributed by atoms with Crippen LogP contribution >= 0.6 is 0 Å². The Labute approximate surface area is 96.2 Å². The molecule has 16 heavy (non-hydrogen) atoms. The molecule has 0 bridgehead atoms. The van der Waals surface area contributed by atoms with Crippen molar-refractivity contribution in [1.82, 2.24) is 10.6 Å². The van der Waals surface area contributed by atoms with Crippen LogP contribution in [-0.2, 0) is 4.79 Å². The van der Waals surface area contributed by atoms with Gasteiger partial charge in [-0.25, -0.2) is 4.79 Å². The summed E-state index contributed by atoms with van der Waals surface area (Å²) in [5, 5.41) is 5.03. The van der Waals surface area contributed by atoms with Gasteiger partial charge in [0.25, 0.3) is 5.91 Å². The molecule has 2 aliphatic rings. The maximum absolute atomic E-state index is 11.5. The highest BCUT2D eigenvalue weighted by Crippen LogP contribution is 2.33. The van der Waals surface area contributed by atoms with E-state index in [1.807, 2.05) is 0 Å². The lowest BCUT2D eigenvalue weighted by atomic mass is 9.77. The van der Waals surface area contributed by atoms with Gasteiger partial charge < -0.3 is 5.32 Å². The van der Waals surface area contributed by atoms with Crippen LogP contribution in [-0.4, -0.2) is 18.0 Å². The molecule has 2 N–H and O–H groups in total. The van der Waals surface area contributed by atoms with E-state index in [4.69, 9.17) is 0 Å². The summed E-state index contributed by atoms with van der Waals surface area (Å²) in [6.07, 6.45) is 7.11. The lowest BCUT2D eigenvalue weighted by molar-refractivity contribution is -0.121. The van der Waals surface area contributed by atoms with Gasteiger partial charge in [-0.05, 0) is 24.7 Å². The summed E-state index contributed by atoms with van der Waals surface area (Å²) in [5.41, 5.74) is 0. The lowest BCUT2D eigenvalue weighted by Crippen LogP contribution is -2.38. The van der Waals surface area contributed by atoms with Gasteiger partial charge in [-0.2, -0.15) is 0 Å². The van der Waals surface area contributed by atoms with Crippen molar-refractivity contribution < 1.29 is 9.59 Å². The molecule has 90 valence electrons. The second-order valence-electron chi connectivity index (χ2n) is 5.01. The molecule has 0 spiro atoms. The predicted octanol–water partition coefficient (Wildman–Crippen LogP) is 1.80. The molecular weight excluding hydrogens is 204 g/mol. The van der Waals surface area contributed by atoms with Gasteiger partial charge in [0.1, 0.15) is 6.04 Å². The van der Waals surface area contributed by atoms with Crippen molar-refractivity contribution >= 4 is 11.9 Å². The fourth-order valence-electron chi connectivity index (χ4n) is 2.98. The van der Waals surface area contributed by atoms with Gasteiger partial charge in [-0.1, -0.05) is 32.6 Å². The van der Waals surface area contributed by atoms with E-state index in [0.29, 0.717) is 5.92 Å². The molecule has 0 aromatic carbocycles. The zero-order valence-electron chi connectivity index (χ0n) is 9.79. The van der Waals surface area contributed by atoms with Crippen molar-refractivity contribution in [3.63, 3.8) is 0 Å². The minimum atomic E-state index is -0.328. The van der Waals surface area contributed by atoms with Crippen LogP contribution in [0.25, 0.3) is 0 Å². The first kappa shape index (κ1) is 11.4. The summed E-state index contributed by atoms with van der Waals surface area (Å²) in [6, 6.07) is -0.597. The van der Waals surface area contributed by atoms with Crippen LogP contribution in [0.15, 0.2) is 0 Å². The summed E-state index contributed by atoms with van der Waals surface area (Å²) in [6.45, 7) is 2.22. The molecule has 4 nitrogen and oxygen atoms in total. The average molecular weight is 224 g/mol. The molecular formula is C12H20N2O2. The molecule has 1 unspecified atom stereocenters. The van der Waals surface area contributed by atoms with E-state index < -0.39 is 0 Å². The molecule has 1 aliphatic heterocycles. The third kappa shape index (κ3) is 2.36. The Morgan fingerprint density at radius 2 is 1.88 bits per heavy atom. The molecule has 1 saturated heterocycles. The highest BCUT2D eigenvalue weighted by molar-refractivity contribution is 6.04. The van der Waals surface area contributed by atoms with Gasteiger partial charge in [-0.3, -0.25) is 10.1 Å². The van der Waals surface area contributed by atoms with E-state index >= 15 is 0 Å². The number of rotatable bonds is 3. The monoisotopic (exact) mass is 224 g/mol. The Bertz CT molecular complexity index is 283. The first-order chi connectivity index (χ1) is 7.70. The van der Waals surface area contributed by atoms with Gasteiger partial charge in [0.15, 0.2) is 0 Å². The highest BCUT2D eigenvalue weighted by atomic mass is 16.2. The first-order valence-electron chi connectivity index (χ1n) is 6.32. The molecule has 1 saturated carbocycles. The minimum Gasteiger partial charge on any atom is -0.326 e. The minimum absolute atomic E-state index is 0.135. The van der Waals surface area contributed by atoms with Crippen LogP contribution in [0.2, 0.25) is 0 Å². The number of nitrogens with one attached hydrogen (secondary N) is 2. The molecule has 2 rings (SSSR count). The van der Waals surface area contributed by atoms with Crippen LogP contribution < -0.4 is 10.6 Å². The maximum Gasteiger partial charge on any atom is 0.322 e. The number of imide groups is 1. The average Bonchev–Trinajstić information content (AvgIpc) is 2.59. The Kier molecular flexibility index (Phi) is 3.46. The van der Waals surface area contributed by atoms with Crippen molar-refractivity contribution in [1.29, 1.82) is 0 Å². The molecule has 0 radical (unpaired) electrons. The van der Waals surface area contributed by atoms with Gasteiger partial charge >= 0.3 is 6.03 Å². The summed E-state index contributed by atoms with van der Waals surface area (Å²) in [5.74, 6) is 1.05. The van der Waals surface area contributed by atoms with E-state index in [1.165, 1.54) is 25.7 Å². The lowest BCUT2D eigenvalue weighted by Gasteiger charge is -2.30. The fourth-order valence-corrected chi connectivity index (χ4v) is 2.98. The molecule has 1 heterocycles. The van der Waals surface area contributed by atoms with Crippen LogP contribution in [0.1, 0.15) is 45.4 Å². The molecule has 1 aliphatic carbocycles. The third-order valence-electron chi connectivity index (χ3n) is 3.87. The van der Waals surface area contributed by atoms with Crippen molar-refractivity contribution in [2.75, 3.05) is 0 Å². The summed E-state index contributed by atoms with van der Waals surface area (Å²) in [7, 11) is 0. The number of hydrogen-bond donors (Lipinski definition) is 2.